The van der Waals surface area contributed by atoms with Crippen molar-refractivity contribution in [3.05, 3.63) is 0 Å². The molecule has 0 aliphatic heterocycles. The van der Waals surface area contributed by atoms with Crippen molar-refractivity contribution in [2.75, 3.05) is 6.54 Å². The maximum Gasteiger partial charge on any atom is 0.0316 e. The van der Waals surface area contributed by atoms with E-state index in [1.807, 2.05) is 0 Å². The van der Waals surface area contributed by atoms with E-state index in [1.54, 1.807) is 0 Å². The number of nitrogens with two attached hydrogens (primary N) is 1. The third-order valence-corrected chi connectivity index (χ3v) is 4.07. The summed E-state index contributed by atoms with van der Waals surface area (Å²) in [4.78, 5) is 0. The lowest BCUT2D eigenvalue weighted by Gasteiger charge is -2.52. The Hall–Kier alpha value is -0.0800. The molecule has 0 aromatic heterocycles. The maximum atomic E-state index is 6.09. The minimum Gasteiger partial charge on any atom is -0.329 e. The summed E-state index contributed by atoms with van der Waals surface area (Å²) in [5.41, 5.74) is 7.13. The molecule has 0 unspecified atom stereocenters. The van der Waals surface area contributed by atoms with Gasteiger partial charge >= 0.3 is 0 Å². The zero-order chi connectivity index (χ0) is 12.0. The zero-order valence-electron chi connectivity index (χ0n) is 11.4. The Morgan fingerprint density at radius 1 is 1.00 bits per heavy atom. The molecule has 2 aliphatic rings. The summed E-state index contributed by atoms with van der Waals surface area (Å²) in [6.07, 6.45) is 6.48. The summed E-state index contributed by atoms with van der Waals surface area (Å²) >= 11 is 0. The Kier molecular flexibility index (Phi) is 2.87. The average Bonchev–Trinajstić information content (AvgIpc) is 2.82. The van der Waals surface area contributed by atoms with E-state index in [1.165, 1.54) is 32.1 Å². The van der Waals surface area contributed by atoms with Crippen molar-refractivity contribution in [2.45, 2.75) is 71.4 Å². The molecule has 0 saturated heterocycles. The van der Waals surface area contributed by atoms with Crippen molar-refractivity contribution in [3.63, 3.8) is 0 Å². The average molecular weight is 224 g/mol. The number of nitrogens with one attached hydrogen (secondary N) is 1. The summed E-state index contributed by atoms with van der Waals surface area (Å²) in [6, 6.07) is 0.758. The van der Waals surface area contributed by atoms with Crippen LogP contribution in [0.2, 0.25) is 0 Å². The van der Waals surface area contributed by atoms with Crippen LogP contribution in [0.4, 0.5) is 0 Å². The topological polar surface area (TPSA) is 38.0 Å². The lowest BCUT2D eigenvalue weighted by atomic mass is 9.58. The van der Waals surface area contributed by atoms with Crippen LogP contribution in [0.5, 0.6) is 0 Å². The Labute approximate surface area is 100 Å². The van der Waals surface area contributed by atoms with Crippen LogP contribution in [0, 0.1) is 10.8 Å². The van der Waals surface area contributed by atoms with Gasteiger partial charge in [0.1, 0.15) is 0 Å². The van der Waals surface area contributed by atoms with Crippen LogP contribution in [-0.2, 0) is 0 Å². The molecule has 2 aliphatic carbocycles. The second-order valence-electron chi connectivity index (χ2n) is 7.76. The summed E-state index contributed by atoms with van der Waals surface area (Å²) in [5.74, 6) is 0. The molecule has 16 heavy (non-hydrogen) atoms. The van der Waals surface area contributed by atoms with Gasteiger partial charge in [-0.25, -0.2) is 0 Å². The van der Waals surface area contributed by atoms with Crippen LogP contribution in [0.1, 0.15) is 59.8 Å². The molecule has 0 bridgehead atoms. The van der Waals surface area contributed by atoms with Gasteiger partial charge in [-0.05, 0) is 42.9 Å². The van der Waals surface area contributed by atoms with E-state index in [-0.39, 0.29) is 5.54 Å². The lowest BCUT2D eigenvalue weighted by molar-refractivity contribution is 0.0315. The van der Waals surface area contributed by atoms with Crippen LogP contribution in [0.3, 0.4) is 0 Å². The van der Waals surface area contributed by atoms with Crippen molar-refractivity contribution in [3.8, 4) is 0 Å². The molecule has 3 N–H and O–H groups in total. The SMILES string of the molecule is CC1(C)CC(C)(C)CC(CN)(NC2CC2)C1. The Morgan fingerprint density at radius 2 is 1.50 bits per heavy atom. The predicted molar refractivity (Wildman–Crippen MR) is 69.4 cm³/mol. The Balaban J connectivity index is 2.16. The summed E-state index contributed by atoms with van der Waals surface area (Å²) in [6.45, 7) is 10.4. The minimum atomic E-state index is 0.201. The van der Waals surface area contributed by atoms with Gasteiger partial charge in [-0.2, -0.15) is 0 Å². The van der Waals surface area contributed by atoms with Crippen LogP contribution < -0.4 is 11.1 Å². The first kappa shape index (κ1) is 12.4. The second-order valence-corrected chi connectivity index (χ2v) is 7.76. The maximum absolute atomic E-state index is 6.09. The molecule has 0 atom stereocenters. The van der Waals surface area contributed by atoms with E-state index >= 15 is 0 Å². The van der Waals surface area contributed by atoms with Gasteiger partial charge < -0.3 is 11.1 Å². The monoisotopic (exact) mass is 224 g/mol. The number of hydrogen-bond acceptors (Lipinski definition) is 2. The van der Waals surface area contributed by atoms with E-state index < -0.39 is 0 Å². The summed E-state index contributed by atoms with van der Waals surface area (Å²) < 4.78 is 0. The number of rotatable bonds is 3. The second kappa shape index (κ2) is 3.71. The normalized spacial score (nSPS) is 31.3. The van der Waals surface area contributed by atoms with E-state index in [0.29, 0.717) is 10.8 Å². The third kappa shape index (κ3) is 2.78. The highest BCUT2D eigenvalue weighted by molar-refractivity contribution is 5.05. The van der Waals surface area contributed by atoms with Crippen molar-refractivity contribution in [1.29, 1.82) is 0 Å². The Morgan fingerprint density at radius 3 is 1.88 bits per heavy atom. The van der Waals surface area contributed by atoms with Crippen LogP contribution in [0.15, 0.2) is 0 Å². The van der Waals surface area contributed by atoms with Crippen molar-refractivity contribution >= 4 is 0 Å². The van der Waals surface area contributed by atoms with Gasteiger partial charge in [0.15, 0.2) is 0 Å². The molecule has 0 aromatic carbocycles. The molecular formula is C14H28N2. The van der Waals surface area contributed by atoms with Gasteiger partial charge in [0, 0.05) is 18.1 Å². The fourth-order valence-corrected chi connectivity index (χ4v) is 4.28. The smallest absolute Gasteiger partial charge is 0.0316 e. The van der Waals surface area contributed by atoms with E-state index in [2.05, 4.69) is 33.0 Å². The van der Waals surface area contributed by atoms with E-state index in [4.69, 9.17) is 5.73 Å². The molecule has 0 radical (unpaired) electrons. The molecule has 2 fully saturated rings. The Bertz CT molecular complexity index is 248. The third-order valence-electron chi connectivity index (χ3n) is 4.07. The fourth-order valence-electron chi connectivity index (χ4n) is 4.28. The standard InChI is InChI=1S/C14H28N2/c1-12(2)7-13(3,4)9-14(8-12,10-15)16-11-5-6-11/h11,16H,5-10,15H2,1-4H3. The molecule has 0 heterocycles. The molecule has 94 valence electrons. The van der Waals surface area contributed by atoms with Gasteiger partial charge in [-0.3, -0.25) is 0 Å². The highest BCUT2D eigenvalue weighted by Crippen LogP contribution is 2.50. The molecule has 0 spiro atoms. The molecule has 2 rings (SSSR count). The zero-order valence-corrected chi connectivity index (χ0v) is 11.4. The molecular weight excluding hydrogens is 196 g/mol. The first-order chi connectivity index (χ1) is 7.26. The quantitative estimate of drug-likeness (QED) is 0.773. The fraction of sp³-hybridized carbons (Fsp3) is 1.00. The van der Waals surface area contributed by atoms with E-state index in [9.17, 15) is 0 Å². The first-order valence-corrected chi connectivity index (χ1v) is 6.74. The van der Waals surface area contributed by atoms with Gasteiger partial charge in [0.05, 0.1) is 0 Å². The summed E-state index contributed by atoms with van der Waals surface area (Å²) in [7, 11) is 0. The van der Waals surface area contributed by atoms with Gasteiger partial charge in [-0.15, -0.1) is 0 Å². The van der Waals surface area contributed by atoms with Gasteiger partial charge in [0.25, 0.3) is 0 Å². The van der Waals surface area contributed by atoms with Crippen molar-refractivity contribution in [1.82, 2.24) is 5.32 Å². The number of hydrogen-bond donors (Lipinski definition) is 2. The minimum absolute atomic E-state index is 0.201. The van der Waals surface area contributed by atoms with Gasteiger partial charge in [0.2, 0.25) is 0 Å². The van der Waals surface area contributed by atoms with Crippen LogP contribution in [-0.4, -0.2) is 18.1 Å². The summed E-state index contributed by atoms with van der Waals surface area (Å²) in [5, 5.41) is 3.84. The van der Waals surface area contributed by atoms with Crippen LogP contribution >= 0.6 is 0 Å². The highest BCUT2D eigenvalue weighted by atomic mass is 15.1. The van der Waals surface area contributed by atoms with Crippen molar-refractivity contribution < 1.29 is 0 Å². The lowest BCUT2D eigenvalue weighted by Crippen LogP contribution is -2.59. The van der Waals surface area contributed by atoms with E-state index in [0.717, 1.165) is 12.6 Å². The highest BCUT2D eigenvalue weighted by Gasteiger charge is 2.48. The molecule has 2 nitrogen and oxygen atoms in total. The predicted octanol–water partition coefficient (Wildman–Crippen LogP) is 2.67. The van der Waals surface area contributed by atoms with Gasteiger partial charge in [-0.1, -0.05) is 27.7 Å². The molecule has 2 heteroatoms. The molecule has 0 aromatic rings. The van der Waals surface area contributed by atoms with Crippen LogP contribution in [0.25, 0.3) is 0 Å². The molecule has 0 amide bonds. The van der Waals surface area contributed by atoms with Crippen molar-refractivity contribution in [2.24, 2.45) is 16.6 Å². The largest absolute Gasteiger partial charge is 0.329 e. The first-order valence-electron chi connectivity index (χ1n) is 6.74. The molecule has 2 saturated carbocycles.